The molecule has 2 atom stereocenters. The first-order chi connectivity index (χ1) is 8.58. The van der Waals surface area contributed by atoms with Crippen LogP contribution in [-0.4, -0.2) is 23.7 Å². The molecule has 98 valence electrons. The molecule has 18 heavy (non-hydrogen) atoms. The van der Waals surface area contributed by atoms with Gasteiger partial charge in [-0.2, -0.15) is 0 Å². The summed E-state index contributed by atoms with van der Waals surface area (Å²) in [4.78, 5) is 12.1. The summed E-state index contributed by atoms with van der Waals surface area (Å²) in [6.07, 6.45) is 2.51. The molecule has 0 aliphatic heterocycles. The maximum Gasteiger partial charge on any atom is 0.251 e. The van der Waals surface area contributed by atoms with E-state index in [0.717, 1.165) is 36.0 Å². The summed E-state index contributed by atoms with van der Waals surface area (Å²) in [5.74, 6) is 0.423. The minimum Gasteiger partial charge on any atom is -0.393 e. The summed E-state index contributed by atoms with van der Waals surface area (Å²) >= 11 is 0. The van der Waals surface area contributed by atoms with E-state index < -0.39 is 0 Å². The number of amides is 1. The Bertz CT molecular complexity index is 442. The summed E-state index contributed by atoms with van der Waals surface area (Å²) in [6.45, 7) is 4.66. The molecule has 2 N–H and O–H groups in total. The van der Waals surface area contributed by atoms with Crippen LogP contribution in [0.1, 0.15) is 40.7 Å². The zero-order valence-corrected chi connectivity index (χ0v) is 11.1. The van der Waals surface area contributed by atoms with Gasteiger partial charge in [0.1, 0.15) is 0 Å². The summed E-state index contributed by atoms with van der Waals surface area (Å²) in [5.41, 5.74) is 2.94. The molecule has 0 heterocycles. The number of aliphatic hydroxyl groups is 1. The van der Waals surface area contributed by atoms with Crippen molar-refractivity contribution in [3.05, 3.63) is 34.9 Å². The fourth-order valence-electron chi connectivity index (χ4n) is 2.56. The third-order valence-corrected chi connectivity index (χ3v) is 3.91. The molecule has 3 nitrogen and oxygen atoms in total. The van der Waals surface area contributed by atoms with Crippen molar-refractivity contribution in [1.82, 2.24) is 5.32 Å². The van der Waals surface area contributed by atoms with E-state index in [1.807, 2.05) is 32.0 Å². The van der Waals surface area contributed by atoms with Crippen LogP contribution in [0.5, 0.6) is 0 Å². The molecule has 0 aromatic heterocycles. The van der Waals surface area contributed by atoms with E-state index in [2.05, 4.69) is 5.32 Å². The Balaban J connectivity index is 1.94. The Morgan fingerprint density at radius 2 is 2.17 bits per heavy atom. The van der Waals surface area contributed by atoms with Crippen molar-refractivity contribution in [2.24, 2.45) is 5.92 Å². The van der Waals surface area contributed by atoms with Crippen LogP contribution in [0.4, 0.5) is 0 Å². The number of aryl methyl sites for hydroxylation is 1. The number of aliphatic hydroxyl groups excluding tert-OH is 1. The molecule has 3 heteroatoms. The van der Waals surface area contributed by atoms with Gasteiger partial charge in [0.15, 0.2) is 0 Å². The lowest BCUT2D eigenvalue weighted by Crippen LogP contribution is -2.29. The average Bonchev–Trinajstić information content (AvgIpc) is 2.76. The number of rotatable bonds is 3. The van der Waals surface area contributed by atoms with E-state index in [1.54, 1.807) is 0 Å². The van der Waals surface area contributed by atoms with Crippen molar-refractivity contribution >= 4 is 5.91 Å². The van der Waals surface area contributed by atoms with Crippen molar-refractivity contribution in [1.29, 1.82) is 0 Å². The number of carbonyl (C=O) groups is 1. The minimum atomic E-state index is -0.174. The molecule has 1 aromatic carbocycles. The SMILES string of the molecule is Cc1cccc(C(=O)NCC2CCC(O)C2)c1C. The van der Waals surface area contributed by atoms with Crippen LogP contribution in [0.25, 0.3) is 0 Å². The number of nitrogens with one attached hydrogen (secondary N) is 1. The van der Waals surface area contributed by atoms with Gasteiger partial charge >= 0.3 is 0 Å². The van der Waals surface area contributed by atoms with Gasteiger partial charge in [-0.05, 0) is 56.2 Å². The Morgan fingerprint density at radius 3 is 2.83 bits per heavy atom. The molecule has 1 amide bonds. The van der Waals surface area contributed by atoms with E-state index in [1.165, 1.54) is 0 Å². The van der Waals surface area contributed by atoms with Gasteiger partial charge in [0.25, 0.3) is 5.91 Å². The van der Waals surface area contributed by atoms with Crippen molar-refractivity contribution in [3.8, 4) is 0 Å². The van der Waals surface area contributed by atoms with Gasteiger partial charge < -0.3 is 10.4 Å². The van der Waals surface area contributed by atoms with Crippen LogP contribution in [0.3, 0.4) is 0 Å². The van der Waals surface area contributed by atoms with Gasteiger partial charge in [-0.15, -0.1) is 0 Å². The fraction of sp³-hybridized carbons (Fsp3) is 0.533. The highest BCUT2D eigenvalue weighted by atomic mass is 16.3. The first-order valence-corrected chi connectivity index (χ1v) is 6.60. The first-order valence-electron chi connectivity index (χ1n) is 6.60. The molecular formula is C15H21NO2. The van der Waals surface area contributed by atoms with Crippen molar-refractivity contribution in [2.75, 3.05) is 6.54 Å². The molecule has 1 saturated carbocycles. The lowest BCUT2D eigenvalue weighted by Gasteiger charge is -2.13. The summed E-state index contributed by atoms with van der Waals surface area (Å²) in [6, 6.07) is 5.79. The molecule has 1 aliphatic carbocycles. The maximum absolute atomic E-state index is 12.1. The molecule has 2 unspecified atom stereocenters. The second-order valence-electron chi connectivity index (χ2n) is 5.29. The number of benzene rings is 1. The number of carbonyl (C=O) groups excluding carboxylic acids is 1. The molecule has 2 rings (SSSR count). The summed E-state index contributed by atoms with van der Waals surface area (Å²) in [5, 5.41) is 12.4. The van der Waals surface area contributed by atoms with Gasteiger partial charge in [-0.1, -0.05) is 12.1 Å². The summed E-state index contributed by atoms with van der Waals surface area (Å²) in [7, 11) is 0. The van der Waals surface area contributed by atoms with E-state index in [-0.39, 0.29) is 12.0 Å². The van der Waals surface area contributed by atoms with E-state index in [9.17, 15) is 9.90 Å². The highest BCUT2D eigenvalue weighted by Crippen LogP contribution is 2.24. The topological polar surface area (TPSA) is 49.3 Å². The lowest BCUT2D eigenvalue weighted by molar-refractivity contribution is 0.0944. The lowest BCUT2D eigenvalue weighted by atomic mass is 10.0. The number of hydrogen-bond donors (Lipinski definition) is 2. The van der Waals surface area contributed by atoms with Crippen LogP contribution >= 0.6 is 0 Å². The van der Waals surface area contributed by atoms with E-state index >= 15 is 0 Å². The second-order valence-corrected chi connectivity index (χ2v) is 5.29. The van der Waals surface area contributed by atoms with E-state index in [4.69, 9.17) is 0 Å². The summed E-state index contributed by atoms with van der Waals surface area (Å²) < 4.78 is 0. The van der Waals surface area contributed by atoms with Crippen LogP contribution in [0.15, 0.2) is 18.2 Å². The maximum atomic E-state index is 12.1. The standard InChI is InChI=1S/C15H21NO2/c1-10-4-3-5-14(11(10)2)15(18)16-9-12-6-7-13(17)8-12/h3-5,12-13,17H,6-9H2,1-2H3,(H,16,18). The second kappa shape index (κ2) is 5.53. The molecule has 0 spiro atoms. The largest absolute Gasteiger partial charge is 0.393 e. The Labute approximate surface area is 108 Å². The Morgan fingerprint density at radius 1 is 1.39 bits per heavy atom. The van der Waals surface area contributed by atoms with Crippen LogP contribution in [0.2, 0.25) is 0 Å². The molecule has 0 radical (unpaired) electrons. The van der Waals surface area contributed by atoms with Gasteiger partial charge in [0, 0.05) is 12.1 Å². The molecule has 0 bridgehead atoms. The van der Waals surface area contributed by atoms with Crippen LogP contribution < -0.4 is 5.32 Å². The predicted molar refractivity (Wildman–Crippen MR) is 71.6 cm³/mol. The fourth-order valence-corrected chi connectivity index (χ4v) is 2.56. The first kappa shape index (κ1) is 13.1. The van der Waals surface area contributed by atoms with E-state index in [0.29, 0.717) is 12.5 Å². The van der Waals surface area contributed by atoms with Crippen LogP contribution in [-0.2, 0) is 0 Å². The third kappa shape index (κ3) is 2.91. The van der Waals surface area contributed by atoms with Crippen molar-refractivity contribution in [2.45, 2.75) is 39.2 Å². The molecule has 1 aliphatic rings. The van der Waals surface area contributed by atoms with Gasteiger partial charge in [-0.3, -0.25) is 4.79 Å². The molecular weight excluding hydrogens is 226 g/mol. The monoisotopic (exact) mass is 247 g/mol. The highest BCUT2D eigenvalue weighted by molar-refractivity contribution is 5.95. The third-order valence-electron chi connectivity index (χ3n) is 3.91. The molecule has 1 fully saturated rings. The van der Waals surface area contributed by atoms with Crippen LogP contribution in [0, 0.1) is 19.8 Å². The Kier molecular flexibility index (Phi) is 4.02. The van der Waals surface area contributed by atoms with Crippen molar-refractivity contribution < 1.29 is 9.90 Å². The zero-order chi connectivity index (χ0) is 13.1. The minimum absolute atomic E-state index is 0.00223. The Hall–Kier alpha value is -1.35. The van der Waals surface area contributed by atoms with Gasteiger partial charge in [0.2, 0.25) is 0 Å². The smallest absolute Gasteiger partial charge is 0.251 e. The quantitative estimate of drug-likeness (QED) is 0.860. The average molecular weight is 247 g/mol. The number of hydrogen-bond acceptors (Lipinski definition) is 2. The molecule has 0 saturated heterocycles. The van der Waals surface area contributed by atoms with Crippen molar-refractivity contribution in [3.63, 3.8) is 0 Å². The zero-order valence-electron chi connectivity index (χ0n) is 11.1. The highest BCUT2D eigenvalue weighted by Gasteiger charge is 2.23. The van der Waals surface area contributed by atoms with Gasteiger partial charge in [0.05, 0.1) is 6.10 Å². The van der Waals surface area contributed by atoms with Gasteiger partial charge in [-0.25, -0.2) is 0 Å². The molecule has 1 aromatic rings. The normalized spacial score (nSPS) is 23.1. The predicted octanol–water partition coefficient (Wildman–Crippen LogP) is 2.19.